The fraction of sp³-hybridized carbons (Fsp3) is 0.346. The molecule has 0 amide bonds. The maximum absolute atomic E-state index is 14.9. The van der Waals surface area contributed by atoms with E-state index in [0.717, 1.165) is 36.2 Å². The smallest absolute Gasteiger partial charge is 0.170 e. The summed E-state index contributed by atoms with van der Waals surface area (Å²) in [7, 11) is 1.43. The first-order chi connectivity index (χ1) is 15.4. The third-order valence-corrected chi connectivity index (χ3v) is 7.25. The Morgan fingerprint density at radius 2 is 1.97 bits per heavy atom. The third-order valence-electron chi connectivity index (χ3n) is 7.25. The van der Waals surface area contributed by atoms with E-state index in [-0.39, 0.29) is 28.5 Å². The highest BCUT2D eigenvalue weighted by Gasteiger charge is 2.47. The monoisotopic (exact) mass is 436 g/mol. The highest BCUT2D eigenvalue weighted by molar-refractivity contribution is 5.61. The zero-order chi connectivity index (χ0) is 22.5. The van der Waals surface area contributed by atoms with Crippen molar-refractivity contribution in [1.82, 2.24) is 9.78 Å². The number of rotatable bonds is 4. The van der Waals surface area contributed by atoms with E-state index >= 15 is 0 Å². The highest BCUT2D eigenvalue weighted by atomic mass is 19.1. The van der Waals surface area contributed by atoms with Crippen LogP contribution < -0.4 is 4.74 Å². The molecule has 3 atom stereocenters. The molecule has 2 aliphatic rings. The van der Waals surface area contributed by atoms with Crippen LogP contribution in [0.4, 0.5) is 8.78 Å². The van der Waals surface area contributed by atoms with Crippen LogP contribution in [0.1, 0.15) is 49.1 Å². The number of fused-ring (bicyclic) bond motifs is 2. The van der Waals surface area contributed by atoms with Gasteiger partial charge in [0.25, 0.3) is 0 Å². The molecule has 1 fully saturated rings. The topological polar surface area (TPSA) is 47.3 Å². The molecule has 0 unspecified atom stereocenters. The van der Waals surface area contributed by atoms with Gasteiger partial charge in [0, 0.05) is 5.56 Å². The summed E-state index contributed by atoms with van der Waals surface area (Å²) in [5.41, 5.74) is 4.09. The molecule has 1 aromatic heterocycles. The summed E-state index contributed by atoms with van der Waals surface area (Å²) in [4.78, 5) is 0. The van der Waals surface area contributed by atoms with Crippen molar-refractivity contribution in [3.8, 4) is 11.4 Å². The van der Waals surface area contributed by atoms with Crippen LogP contribution in [0.5, 0.6) is 5.75 Å². The molecule has 0 spiro atoms. The van der Waals surface area contributed by atoms with Crippen LogP contribution in [0.25, 0.3) is 11.8 Å². The molecule has 166 valence electrons. The summed E-state index contributed by atoms with van der Waals surface area (Å²) < 4.78 is 35.3. The largest absolute Gasteiger partial charge is 0.494 e. The standard InChI is InChI=1S/C26H26F2N2O2/c1-26-14-16-15-29-30(19-11-9-18(27)10-12-19)22(16)13-17(26)5-3-7-21(26)25(31)20-6-4-8-23(32-2)24(20)28/h4,6,8-13,15,21,25,31H,3,5,7,14H2,1-2H3/t21-,25+,26+/m1/s1. The molecule has 0 bridgehead atoms. The van der Waals surface area contributed by atoms with Crippen molar-refractivity contribution in [2.75, 3.05) is 7.11 Å². The molecule has 1 N–H and O–H groups in total. The maximum Gasteiger partial charge on any atom is 0.170 e. The highest BCUT2D eigenvalue weighted by Crippen LogP contribution is 2.55. The Morgan fingerprint density at radius 3 is 2.72 bits per heavy atom. The Bertz CT molecular complexity index is 1190. The van der Waals surface area contributed by atoms with Gasteiger partial charge in [-0.2, -0.15) is 5.10 Å². The van der Waals surface area contributed by atoms with Gasteiger partial charge in [-0.3, -0.25) is 0 Å². The Hall–Kier alpha value is -2.99. The first kappa shape index (κ1) is 20.9. The normalized spacial score (nSPS) is 23.2. The number of nitrogens with zero attached hydrogens (tertiary/aromatic N) is 2. The van der Waals surface area contributed by atoms with Crippen molar-refractivity contribution < 1.29 is 18.6 Å². The van der Waals surface area contributed by atoms with Crippen molar-refractivity contribution in [3.63, 3.8) is 0 Å². The van der Waals surface area contributed by atoms with E-state index in [2.05, 4.69) is 18.1 Å². The molecule has 1 saturated carbocycles. The SMILES string of the molecule is COc1cccc([C@H](O)[C@H]2CCCC3=Cc4c(cnn4-c4ccc(F)cc4)C[C@@]32C)c1F. The quantitative estimate of drug-likeness (QED) is 0.576. The lowest BCUT2D eigenvalue weighted by Crippen LogP contribution is -2.40. The number of benzene rings is 2. The van der Waals surface area contributed by atoms with Crippen LogP contribution >= 0.6 is 0 Å². The Labute approximate surface area is 186 Å². The number of hydrogen-bond donors (Lipinski definition) is 1. The van der Waals surface area contributed by atoms with Crippen LogP contribution in [0.3, 0.4) is 0 Å². The summed E-state index contributed by atoms with van der Waals surface area (Å²) in [5.74, 6) is -0.770. The van der Waals surface area contributed by atoms with Crippen LogP contribution in [0.15, 0.2) is 54.2 Å². The summed E-state index contributed by atoms with van der Waals surface area (Å²) in [6, 6.07) is 11.2. The van der Waals surface area contributed by atoms with Gasteiger partial charge in [0.05, 0.1) is 30.8 Å². The van der Waals surface area contributed by atoms with E-state index in [1.165, 1.54) is 24.8 Å². The molecule has 3 aromatic rings. The van der Waals surface area contributed by atoms with Crippen molar-refractivity contribution in [2.45, 2.75) is 38.7 Å². The summed E-state index contributed by atoms with van der Waals surface area (Å²) in [6.07, 6.45) is 6.45. The Morgan fingerprint density at radius 1 is 1.19 bits per heavy atom. The predicted octanol–water partition coefficient (Wildman–Crippen LogP) is 5.64. The molecule has 2 aromatic carbocycles. The van der Waals surface area contributed by atoms with Crippen molar-refractivity contribution in [3.05, 3.63) is 82.7 Å². The van der Waals surface area contributed by atoms with Crippen LogP contribution in [-0.2, 0) is 6.42 Å². The molecule has 0 aliphatic heterocycles. The average molecular weight is 437 g/mol. The molecular weight excluding hydrogens is 410 g/mol. The number of aliphatic hydroxyl groups is 1. The summed E-state index contributed by atoms with van der Waals surface area (Å²) in [6.45, 7) is 2.17. The van der Waals surface area contributed by atoms with Crippen LogP contribution in [-0.4, -0.2) is 22.0 Å². The maximum atomic E-state index is 14.9. The lowest BCUT2D eigenvalue weighted by Gasteiger charge is -2.47. The second-order valence-corrected chi connectivity index (χ2v) is 9.01. The molecule has 2 aliphatic carbocycles. The van der Waals surface area contributed by atoms with E-state index in [1.807, 2.05) is 10.9 Å². The van der Waals surface area contributed by atoms with Gasteiger partial charge in [-0.1, -0.05) is 24.6 Å². The van der Waals surface area contributed by atoms with Gasteiger partial charge in [-0.05, 0) is 79.0 Å². The number of halogens is 2. The van der Waals surface area contributed by atoms with E-state index in [0.29, 0.717) is 6.42 Å². The van der Waals surface area contributed by atoms with Gasteiger partial charge >= 0.3 is 0 Å². The van der Waals surface area contributed by atoms with Crippen molar-refractivity contribution in [1.29, 1.82) is 0 Å². The number of ether oxygens (including phenoxy) is 1. The van der Waals surface area contributed by atoms with Crippen molar-refractivity contribution in [2.24, 2.45) is 11.3 Å². The minimum Gasteiger partial charge on any atom is -0.494 e. The molecule has 6 heteroatoms. The minimum atomic E-state index is -0.938. The molecule has 0 saturated heterocycles. The van der Waals surface area contributed by atoms with Gasteiger partial charge in [-0.25, -0.2) is 13.5 Å². The average Bonchev–Trinajstić information content (AvgIpc) is 3.19. The van der Waals surface area contributed by atoms with Gasteiger partial charge in [0.1, 0.15) is 5.82 Å². The fourth-order valence-electron chi connectivity index (χ4n) is 5.50. The first-order valence-corrected chi connectivity index (χ1v) is 11.0. The molecule has 4 nitrogen and oxygen atoms in total. The Kier molecular flexibility index (Phi) is 5.13. The van der Waals surface area contributed by atoms with E-state index in [1.54, 1.807) is 30.3 Å². The first-order valence-electron chi connectivity index (χ1n) is 11.0. The molecule has 1 heterocycles. The lowest BCUT2D eigenvalue weighted by molar-refractivity contribution is 0.0193. The fourth-order valence-corrected chi connectivity index (χ4v) is 5.50. The summed E-state index contributed by atoms with van der Waals surface area (Å²) >= 11 is 0. The number of allylic oxidation sites excluding steroid dienone is 1. The number of methoxy groups -OCH3 is 1. The second-order valence-electron chi connectivity index (χ2n) is 9.01. The third kappa shape index (κ3) is 3.25. The lowest BCUT2D eigenvalue weighted by atomic mass is 9.57. The zero-order valence-corrected chi connectivity index (χ0v) is 18.2. The summed E-state index contributed by atoms with van der Waals surface area (Å²) in [5, 5.41) is 15.9. The zero-order valence-electron chi connectivity index (χ0n) is 18.2. The van der Waals surface area contributed by atoms with Gasteiger partial charge in [0.15, 0.2) is 11.6 Å². The molecule has 0 radical (unpaired) electrons. The van der Waals surface area contributed by atoms with Gasteiger partial charge in [-0.15, -0.1) is 0 Å². The van der Waals surface area contributed by atoms with E-state index < -0.39 is 11.9 Å². The molecule has 32 heavy (non-hydrogen) atoms. The molecular formula is C26H26F2N2O2. The number of aromatic nitrogens is 2. The van der Waals surface area contributed by atoms with Gasteiger partial charge in [0.2, 0.25) is 0 Å². The van der Waals surface area contributed by atoms with Crippen LogP contribution in [0.2, 0.25) is 0 Å². The van der Waals surface area contributed by atoms with Crippen molar-refractivity contribution >= 4 is 6.08 Å². The second kappa shape index (κ2) is 7.85. The Balaban J connectivity index is 1.52. The minimum absolute atomic E-state index is 0.133. The number of hydrogen-bond acceptors (Lipinski definition) is 3. The van der Waals surface area contributed by atoms with Crippen LogP contribution in [0, 0.1) is 23.0 Å². The van der Waals surface area contributed by atoms with Gasteiger partial charge < -0.3 is 9.84 Å². The predicted molar refractivity (Wildman–Crippen MR) is 119 cm³/mol. The van der Waals surface area contributed by atoms with E-state index in [4.69, 9.17) is 4.74 Å². The molecule has 5 rings (SSSR count). The number of aliphatic hydroxyl groups excluding tert-OH is 1. The van der Waals surface area contributed by atoms with E-state index in [9.17, 15) is 13.9 Å².